The Morgan fingerprint density at radius 3 is 2.71 bits per heavy atom. The number of furan rings is 1. The van der Waals surface area contributed by atoms with Gasteiger partial charge in [0.2, 0.25) is 11.9 Å². The third-order valence-electron chi connectivity index (χ3n) is 3.35. The van der Waals surface area contributed by atoms with Gasteiger partial charge in [-0.05, 0) is 13.0 Å². The van der Waals surface area contributed by atoms with Crippen LogP contribution in [0.15, 0.2) is 21.9 Å². The van der Waals surface area contributed by atoms with E-state index in [9.17, 15) is 0 Å². The first-order valence-electron chi connectivity index (χ1n) is 7.20. The lowest BCUT2D eigenvalue weighted by Gasteiger charge is -2.11. The van der Waals surface area contributed by atoms with Crippen molar-refractivity contribution in [3.63, 3.8) is 0 Å². The fraction of sp³-hybridized carbons (Fsp3) is 0.357. The Kier molecular flexibility index (Phi) is 4.38. The fourth-order valence-electron chi connectivity index (χ4n) is 2.11. The van der Waals surface area contributed by atoms with Gasteiger partial charge in [0.1, 0.15) is 11.6 Å². The first-order chi connectivity index (χ1) is 11.5. The number of hydrogen-bond donors (Lipinski definition) is 1. The van der Waals surface area contributed by atoms with Gasteiger partial charge in [-0.1, -0.05) is 11.8 Å². The first kappa shape index (κ1) is 16.2. The van der Waals surface area contributed by atoms with Gasteiger partial charge in [0, 0.05) is 21.1 Å². The second-order valence-electron chi connectivity index (χ2n) is 5.35. The predicted molar refractivity (Wildman–Crippen MR) is 91.6 cm³/mol. The van der Waals surface area contributed by atoms with Crippen LogP contribution in [0.3, 0.4) is 0 Å². The summed E-state index contributed by atoms with van der Waals surface area (Å²) < 4.78 is 7.24. The molecule has 0 amide bonds. The molecular weight excluding hydrogens is 328 g/mol. The molecule has 0 spiro atoms. The number of thioether (sulfide) groups is 1. The van der Waals surface area contributed by atoms with Crippen LogP contribution < -0.4 is 10.6 Å². The minimum absolute atomic E-state index is 0.206. The van der Waals surface area contributed by atoms with E-state index in [1.54, 1.807) is 11.2 Å². The van der Waals surface area contributed by atoms with Crippen molar-refractivity contribution in [2.45, 2.75) is 17.8 Å². The van der Waals surface area contributed by atoms with Crippen molar-refractivity contribution in [1.82, 2.24) is 29.7 Å². The highest BCUT2D eigenvalue weighted by Gasteiger charge is 2.15. The molecule has 9 nitrogen and oxygen atoms in total. The normalized spacial score (nSPS) is 11.0. The molecule has 0 unspecified atom stereocenters. The molecule has 2 N–H and O–H groups in total. The lowest BCUT2D eigenvalue weighted by Crippen LogP contribution is -2.16. The molecular formula is C14H18N8OS. The highest BCUT2D eigenvalue weighted by molar-refractivity contribution is 7.98. The lowest BCUT2D eigenvalue weighted by atomic mass is 10.2. The summed E-state index contributed by atoms with van der Waals surface area (Å²) in [6, 6.07) is 1.88. The molecule has 10 heteroatoms. The van der Waals surface area contributed by atoms with Crippen molar-refractivity contribution in [3.8, 4) is 11.4 Å². The average molecular weight is 346 g/mol. The molecule has 0 fully saturated rings. The largest absolute Gasteiger partial charge is 0.469 e. The monoisotopic (exact) mass is 346 g/mol. The number of hydrogen-bond acceptors (Lipinski definition) is 9. The van der Waals surface area contributed by atoms with Crippen molar-refractivity contribution < 1.29 is 4.42 Å². The average Bonchev–Trinajstić information content (AvgIpc) is 3.10. The quantitative estimate of drug-likeness (QED) is 0.687. The van der Waals surface area contributed by atoms with Crippen LogP contribution in [-0.4, -0.2) is 43.8 Å². The molecule has 0 aliphatic carbocycles. The number of anilines is 2. The van der Waals surface area contributed by atoms with E-state index >= 15 is 0 Å². The van der Waals surface area contributed by atoms with Crippen LogP contribution in [0.25, 0.3) is 11.4 Å². The van der Waals surface area contributed by atoms with Gasteiger partial charge in [-0.2, -0.15) is 15.0 Å². The molecule has 3 aromatic rings. The molecule has 3 rings (SSSR count). The number of aromatic nitrogens is 6. The molecule has 0 bridgehead atoms. The summed E-state index contributed by atoms with van der Waals surface area (Å²) in [5, 5.41) is 9.23. The number of rotatable bonds is 5. The Balaban J connectivity index is 1.79. The Bertz CT molecular complexity index is 856. The Labute approximate surface area is 143 Å². The maximum atomic E-state index is 5.74. The van der Waals surface area contributed by atoms with E-state index < -0.39 is 0 Å². The number of aryl methyl sites for hydroxylation is 1. The Hall–Kier alpha value is -2.62. The predicted octanol–water partition coefficient (Wildman–Crippen LogP) is 1.51. The van der Waals surface area contributed by atoms with E-state index in [1.165, 1.54) is 11.8 Å². The first-order valence-corrected chi connectivity index (χ1v) is 8.18. The lowest BCUT2D eigenvalue weighted by molar-refractivity contribution is 0.534. The minimum atomic E-state index is 0.206. The fourth-order valence-corrected chi connectivity index (χ4v) is 2.88. The summed E-state index contributed by atoms with van der Waals surface area (Å²) in [4.78, 5) is 14.4. The van der Waals surface area contributed by atoms with Crippen LogP contribution in [0.2, 0.25) is 0 Å². The second kappa shape index (κ2) is 6.48. The Morgan fingerprint density at radius 2 is 2.04 bits per heavy atom. The highest BCUT2D eigenvalue weighted by atomic mass is 32.2. The maximum Gasteiger partial charge on any atom is 0.229 e. The summed E-state index contributed by atoms with van der Waals surface area (Å²) in [6.45, 7) is 1.90. The van der Waals surface area contributed by atoms with Gasteiger partial charge < -0.3 is 19.6 Å². The van der Waals surface area contributed by atoms with Gasteiger partial charge in [-0.15, -0.1) is 10.2 Å². The summed E-state index contributed by atoms with van der Waals surface area (Å²) in [7, 11) is 5.62. The van der Waals surface area contributed by atoms with Crippen LogP contribution in [0.5, 0.6) is 0 Å². The van der Waals surface area contributed by atoms with E-state index in [-0.39, 0.29) is 5.95 Å². The zero-order valence-electron chi connectivity index (χ0n) is 13.9. The number of nitrogens with zero attached hydrogens (tertiary/aromatic N) is 7. The van der Waals surface area contributed by atoms with Gasteiger partial charge in [-0.25, -0.2) is 0 Å². The van der Waals surface area contributed by atoms with Crippen molar-refractivity contribution >= 4 is 23.7 Å². The topological polar surface area (TPSA) is 112 Å². The van der Waals surface area contributed by atoms with Crippen LogP contribution in [0, 0.1) is 6.92 Å². The van der Waals surface area contributed by atoms with E-state index in [0.717, 1.165) is 22.3 Å². The number of nitrogen functional groups attached to an aromatic ring is 1. The Morgan fingerprint density at radius 1 is 1.25 bits per heavy atom. The van der Waals surface area contributed by atoms with Crippen LogP contribution in [0.1, 0.15) is 11.6 Å². The second-order valence-corrected chi connectivity index (χ2v) is 6.29. The standard InChI is InChI=1S/C14H18N8OS/c1-8-9(5-6-23-8)11-19-20-14(22(11)4)24-7-10-16-12(15)18-13(17-10)21(2)3/h5-6H,7H2,1-4H3,(H2,15,16,17,18). The summed E-state index contributed by atoms with van der Waals surface area (Å²) in [5.41, 5.74) is 6.67. The SMILES string of the molecule is Cc1occc1-c1nnc(SCc2nc(N)nc(N(C)C)n2)n1C. The highest BCUT2D eigenvalue weighted by Crippen LogP contribution is 2.27. The smallest absolute Gasteiger partial charge is 0.229 e. The van der Waals surface area contributed by atoms with Crippen molar-refractivity contribution in [2.75, 3.05) is 24.7 Å². The molecule has 0 aliphatic heterocycles. The molecule has 0 saturated heterocycles. The molecule has 3 heterocycles. The van der Waals surface area contributed by atoms with E-state index in [4.69, 9.17) is 10.2 Å². The third-order valence-corrected chi connectivity index (χ3v) is 4.37. The maximum absolute atomic E-state index is 5.74. The molecule has 24 heavy (non-hydrogen) atoms. The third kappa shape index (κ3) is 3.18. The summed E-state index contributed by atoms with van der Waals surface area (Å²) >= 11 is 1.49. The summed E-state index contributed by atoms with van der Waals surface area (Å²) in [6.07, 6.45) is 1.64. The molecule has 126 valence electrons. The minimum Gasteiger partial charge on any atom is -0.469 e. The van der Waals surface area contributed by atoms with E-state index in [0.29, 0.717) is 17.5 Å². The molecule has 0 radical (unpaired) electrons. The van der Waals surface area contributed by atoms with Crippen LogP contribution in [0.4, 0.5) is 11.9 Å². The van der Waals surface area contributed by atoms with Gasteiger partial charge in [-0.3, -0.25) is 0 Å². The van der Waals surface area contributed by atoms with Crippen molar-refractivity contribution in [2.24, 2.45) is 7.05 Å². The molecule has 0 aromatic carbocycles. The van der Waals surface area contributed by atoms with Gasteiger partial charge in [0.15, 0.2) is 11.0 Å². The zero-order valence-corrected chi connectivity index (χ0v) is 14.7. The van der Waals surface area contributed by atoms with Gasteiger partial charge >= 0.3 is 0 Å². The van der Waals surface area contributed by atoms with E-state index in [1.807, 2.05) is 38.7 Å². The molecule has 0 saturated carbocycles. The molecule has 0 atom stereocenters. The van der Waals surface area contributed by atoms with Crippen LogP contribution in [-0.2, 0) is 12.8 Å². The number of nitrogens with two attached hydrogens (primary N) is 1. The summed E-state index contributed by atoms with van der Waals surface area (Å²) in [5.74, 6) is 3.42. The van der Waals surface area contributed by atoms with Gasteiger partial charge in [0.25, 0.3) is 0 Å². The molecule has 3 aromatic heterocycles. The van der Waals surface area contributed by atoms with E-state index in [2.05, 4.69) is 25.1 Å². The van der Waals surface area contributed by atoms with Crippen LogP contribution >= 0.6 is 11.8 Å². The zero-order chi connectivity index (χ0) is 17.3. The van der Waals surface area contributed by atoms with Crippen molar-refractivity contribution in [3.05, 3.63) is 23.9 Å². The van der Waals surface area contributed by atoms with Crippen molar-refractivity contribution in [1.29, 1.82) is 0 Å². The molecule has 0 aliphatic rings. The van der Waals surface area contributed by atoms with Gasteiger partial charge in [0.05, 0.1) is 17.6 Å².